The summed E-state index contributed by atoms with van der Waals surface area (Å²) in [5, 5.41) is 14.4. The monoisotopic (exact) mass is 530 g/mol. The number of alkyl carbamates (subject to hydrolysis) is 1. The zero-order valence-corrected chi connectivity index (χ0v) is 24.6. The van der Waals surface area contributed by atoms with Gasteiger partial charge in [-0.05, 0) is 82.2 Å². The molecule has 0 aromatic rings. The van der Waals surface area contributed by atoms with Crippen LogP contribution in [0.5, 0.6) is 0 Å². The van der Waals surface area contributed by atoms with Crippen molar-refractivity contribution in [3.05, 3.63) is 12.2 Å². The number of piperidine rings is 1. The van der Waals surface area contributed by atoms with Gasteiger partial charge in [-0.15, -0.1) is 0 Å². The van der Waals surface area contributed by atoms with Crippen LogP contribution in [-0.2, 0) is 14.3 Å². The van der Waals surface area contributed by atoms with Gasteiger partial charge in [-0.2, -0.15) is 0 Å². The Morgan fingerprint density at radius 3 is 2.58 bits per heavy atom. The Hall–Kier alpha value is -1.73. The van der Waals surface area contributed by atoms with E-state index in [1.807, 2.05) is 20.0 Å². The molecule has 0 radical (unpaired) electrons. The molecule has 3 saturated carbocycles. The minimum Gasteiger partial charge on any atom is -0.445 e. The van der Waals surface area contributed by atoms with E-state index in [2.05, 4.69) is 50.9 Å². The fourth-order valence-corrected chi connectivity index (χ4v) is 8.87. The van der Waals surface area contributed by atoms with Gasteiger partial charge < -0.3 is 14.7 Å². The molecule has 2 unspecified atom stereocenters. The van der Waals surface area contributed by atoms with E-state index in [1.165, 1.54) is 0 Å². The standard InChI is InChI=1S/C31H50N2O5/c1-8-9-13-29(5)17-24(38-28(37)32-27(36)22-18-33(7)16-12-19(22)2)30(6)20(3)10-14-31(21(4)26(29)35)15-11-23(34)25(30)31/h8-9,19-22,24-26,35H,10-18H2,1-7H3,(H,32,36,37)/b9-8-/t19-,20+,21-,22-,24+,25?,26-,29+,30-,31?/m0/s1. The third-order valence-electron chi connectivity index (χ3n) is 11.7. The highest BCUT2D eigenvalue weighted by Crippen LogP contribution is 2.68. The van der Waals surface area contributed by atoms with Gasteiger partial charge >= 0.3 is 6.09 Å². The molecule has 38 heavy (non-hydrogen) atoms. The van der Waals surface area contributed by atoms with Gasteiger partial charge in [-0.25, -0.2) is 4.79 Å². The van der Waals surface area contributed by atoms with E-state index in [0.717, 1.165) is 32.2 Å². The molecule has 1 heterocycles. The maximum atomic E-state index is 13.6. The van der Waals surface area contributed by atoms with Crippen molar-refractivity contribution in [2.24, 2.45) is 45.8 Å². The zero-order chi connectivity index (χ0) is 28.0. The smallest absolute Gasteiger partial charge is 0.414 e. The molecule has 2 bridgehead atoms. The number of allylic oxidation sites excluding steroid dienone is 2. The first kappa shape index (κ1) is 29.3. The molecule has 214 valence electrons. The number of aliphatic hydroxyl groups excluding tert-OH is 1. The van der Waals surface area contributed by atoms with Crippen LogP contribution in [0.1, 0.15) is 86.5 Å². The molecule has 3 aliphatic carbocycles. The summed E-state index contributed by atoms with van der Waals surface area (Å²) in [4.78, 5) is 42.2. The molecular formula is C31H50N2O5. The van der Waals surface area contributed by atoms with Crippen LogP contribution in [0.25, 0.3) is 0 Å². The van der Waals surface area contributed by atoms with E-state index < -0.39 is 29.1 Å². The van der Waals surface area contributed by atoms with Crippen molar-refractivity contribution in [2.75, 3.05) is 20.1 Å². The van der Waals surface area contributed by atoms with Gasteiger partial charge in [-0.1, -0.05) is 46.8 Å². The van der Waals surface area contributed by atoms with E-state index >= 15 is 0 Å². The Balaban J connectivity index is 1.68. The fraction of sp³-hybridized carbons (Fsp3) is 0.839. The topological polar surface area (TPSA) is 95.9 Å². The Kier molecular flexibility index (Phi) is 8.22. The van der Waals surface area contributed by atoms with Crippen LogP contribution < -0.4 is 5.32 Å². The number of nitrogens with one attached hydrogen (secondary N) is 1. The predicted octanol–water partition coefficient (Wildman–Crippen LogP) is 4.97. The maximum absolute atomic E-state index is 13.6. The minimum atomic E-state index is -0.730. The van der Waals surface area contributed by atoms with Crippen LogP contribution in [0.15, 0.2) is 12.2 Å². The largest absolute Gasteiger partial charge is 0.445 e. The van der Waals surface area contributed by atoms with Crippen LogP contribution in [-0.4, -0.2) is 60.1 Å². The van der Waals surface area contributed by atoms with Gasteiger partial charge in [-0.3, -0.25) is 14.9 Å². The van der Waals surface area contributed by atoms with Gasteiger partial charge in [0.05, 0.1) is 12.0 Å². The van der Waals surface area contributed by atoms with E-state index in [-0.39, 0.29) is 46.7 Å². The lowest BCUT2D eigenvalue weighted by atomic mass is 9.43. The normalized spacial score (nSPS) is 45.8. The van der Waals surface area contributed by atoms with E-state index in [9.17, 15) is 19.5 Å². The number of Topliss-reactive ketones (excluding diaryl/α,β-unsaturated/α-hetero) is 1. The summed E-state index contributed by atoms with van der Waals surface area (Å²) in [5.74, 6) is -0.283. The molecule has 0 aromatic carbocycles. The van der Waals surface area contributed by atoms with Crippen molar-refractivity contribution >= 4 is 17.8 Å². The molecule has 4 aliphatic rings. The van der Waals surface area contributed by atoms with Crippen LogP contribution in [0.4, 0.5) is 4.79 Å². The average molecular weight is 531 g/mol. The summed E-state index contributed by atoms with van der Waals surface area (Å²) in [7, 11) is 1.99. The molecule has 0 spiro atoms. The molecule has 2 amide bonds. The van der Waals surface area contributed by atoms with E-state index in [1.54, 1.807) is 0 Å². The molecule has 4 fully saturated rings. The number of hydrogen-bond donors (Lipinski definition) is 2. The molecular weight excluding hydrogens is 480 g/mol. The summed E-state index contributed by atoms with van der Waals surface area (Å²) in [6.45, 7) is 14.1. The number of likely N-dealkylation sites (tertiary alicyclic amines) is 1. The molecule has 2 N–H and O–H groups in total. The molecule has 7 nitrogen and oxygen atoms in total. The Morgan fingerprint density at radius 2 is 1.89 bits per heavy atom. The lowest BCUT2D eigenvalue weighted by Gasteiger charge is -2.62. The molecule has 1 aliphatic heterocycles. The van der Waals surface area contributed by atoms with Gasteiger partial charge in [0.15, 0.2) is 0 Å². The van der Waals surface area contributed by atoms with E-state index in [4.69, 9.17) is 4.74 Å². The van der Waals surface area contributed by atoms with Crippen molar-refractivity contribution in [1.29, 1.82) is 0 Å². The average Bonchev–Trinajstić information content (AvgIpc) is 3.22. The lowest BCUT2D eigenvalue weighted by Crippen LogP contribution is -2.63. The minimum absolute atomic E-state index is 0.0397. The number of imide groups is 1. The number of carbonyl (C=O) groups is 3. The third-order valence-corrected chi connectivity index (χ3v) is 11.7. The highest BCUT2D eigenvalue weighted by Gasteiger charge is 2.68. The van der Waals surface area contributed by atoms with Crippen LogP contribution >= 0.6 is 0 Å². The van der Waals surface area contributed by atoms with Gasteiger partial charge in [0.1, 0.15) is 11.9 Å². The Bertz CT molecular complexity index is 966. The molecule has 7 heteroatoms. The number of carbonyl (C=O) groups excluding carboxylic acids is 3. The first-order valence-electron chi connectivity index (χ1n) is 14.8. The first-order chi connectivity index (χ1) is 17.8. The fourth-order valence-electron chi connectivity index (χ4n) is 8.87. The summed E-state index contributed by atoms with van der Waals surface area (Å²) >= 11 is 0. The lowest BCUT2D eigenvalue weighted by molar-refractivity contribution is -0.197. The number of aliphatic hydroxyl groups is 1. The van der Waals surface area contributed by atoms with E-state index in [0.29, 0.717) is 25.8 Å². The second kappa shape index (κ2) is 10.7. The van der Waals surface area contributed by atoms with Gasteiger partial charge in [0, 0.05) is 29.7 Å². The Labute approximate surface area is 229 Å². The van der Waals surface area contributed by atoms with Crippen molar-refractivity contribution in [3.63, 3.8) is 0 Å². The SMILES string of the molecule is C/C=C\C[C@]1(C)C[C@@H](OC(=O)NC(=O)[C@H]2CN(C)CC[C@@H]2C)[C@@]2(C)C3C(=O)CCC3(CC[C@H]2C)[C@@H](C)[C@@H]1O. The molecule has 0 aromatic heterocycles. The molecule has 4 rings (SSSR count). The Morgan fingerprint density at radius 1 is 1.18 bits per heavy atom. The summed E-state index contributed by atoms with van der Waals surface area (Å²) in [6, 6.07) is 0. The molecule has 1 saturated heterocycles. The summed E-state index contributed by atoms with van der Waals surface area (Å²) in [6.07, 6.45) is 7.24. The predicted molar refractivity (Wildman–Crippen MR) is 147 cm³/mol. The van der Waals surface area contributed by atoms with Crippen molar-refractivity contribution in [1.82, 2.24) is 10.2 Å². The highest BCUT2D eigenvalue weighted by molar-refractivity contribution is 5.93. The van der Waals surface area contributed by atoms with Crippen LogP contribution in [0, 0.1) is 45.8 Å². The number of hydrogen-bond acceptors (Lipinski definition) is 6. The van der Waals surface area contributed by atoms with Gasteiger partial charge in [0.25, 0.3) is 0 Å². The van der Waals surface area contributed by atoms with Crippen molar-refractivity contribution in [2.45, 2.75) is 98.7 Å². The number of rotatable bonds is 4. The number of ketones is 1. The number of nitrogens with zero attached hydrogens (tertiary/aromatic N) is 1. The highest BCUT2D eigenvalue weighted by atomic mass is 16.6. The first-order valence-corrected chi connectivity index (χ1v) is 14.8. The third kappa shape index (κ3) is 4.76. The maximum Gasteiger partial charge on any atom is 0.414 e. The zero-order valence-electron chi connectivity index (χ0n) is 24.6. The summed E-state index contributed by atoms with van der Waals surface area (Å²) in [5.41, 5.74) is -1.41. The second-order valence-corrected chi connectivity index (χ2v) is 13.8. The van der Waals surface area contributed by atoms with Crippen molar-refractivity contribution in [3.8, 4) is 0 Å². The van der Waals surface area contributed by atoms with Crippen molar-refractivity contribution < 1.29 is 24.2 Å². The van der Waals surface area contributed by atoms with Gasteiger partial charge in [0.2, 0.25) is 5.91 Å². The quantitative estimate of drug-likeness (QED) is 0.498. The van der Waals surface area contributed by atoms with Crippen LogP contribution in [0.2, 0.25) is 0 Å². The summed E-state index contributed by atoms with van der Waals surface area (Å²) < 4.78 is 6.25. The number of amides is 2. The van der Waals surface area contributed by atoms with Crippen LogP contribution in [0.3, 0.4) is 0 Å². The number of ether oxygens (including phenoxy) is 1. The molecule has 10 atom stereocenters. The second-order valence-electron chi connectivity index (χ2n) is 13.8.